The van der Waals surface area contributed by atoms with Crippen molar-refractivity contribution < 1.29 is 9.53 Å². The van der Waals surface area contributed by atoms with Crippen molar-refractivity contribution in [3.8, 4) is 0 Å². The van der Waals surface area contributed by atoms with Gasteiger partial charge < -0.3 is 15.4 Å². The molecule has 4 nitrogen and oxygen atoms in total. The zero-order valence-corrected chi connectivity index (χ0v) is 12.9. The summed E-state index contributed by atoms with van der Waals surface area (Å²) in [5.41, 5.74) is 5.28. The third kappa shape index (κ3) is 5.01. The van der Waals surface area contributed by atoms with Crippen molar-refractivity contribution in [1.29, 1.82) is 0 Å². The van der Waals surface area contributed by atoms with E-state index in [9.17, 15) is 4.79 Å². The number of hydrogen-bond acceptors (Lipinski definition) is 3. The number of nitrogens with zero attached hydrogens (tertiary/aromatic N) is 1. The van der Waals surface area contributed by atoms with E-state index in [1.165, 1.54) is 6.42 Å². The molecule has 1 aliphatic heterocycles. The molecule has 1 rings (SSSR count). The number of carbonyl (C=O) groups is 1. The molecule has 0 spiro atoms. The van der Waals surface area contributed by atoms with E-state index in [0.717, 1.165) is 32.2 Å². The molecular weight excluding hydrogens is 240 g/mol. The van der Waals surface area contributed by atoms with Gasteiger partial charge >= 0.3 is 6.09 Å². The van der Waals surface area contributed by atoms with Crippen LogP contribution in [-0.4, -0.2) is 35.7 Å². The minimum Gasteiger partial charge on any atom is -0.444 e. The van der Waals surface area contributed by atoms with E-state index >= 15 is 0 Å². The predicted molar refractivity (Wildman–Crippen MR) is 78.0 cm³/mol. The first-order chi connectivity index (χ1) is 8.89. The lowest BCUT2D eigenvalue weighted by Gasteiger charge is -2.41. The first kappa shape index (κ1) is 16.3. The van der Waals surface area contributed by atoms with Gasteiger partial charge in [-0.2, -0.15) is 0 Å². The number of nitrogens with two attached hydrogens (primary N) is 1. The molecule has 112 valence electrons. The van der Waals surface area contributed by atoms with Crippen LogP contribution < -0.4 is 5.73 Å². The Morgan fingerprint density at radius 2 is 2.05 bits per heavy atom. The van der Waals surface area contributed by atoms with E-state index in [1.807, 2.05) is 25.7 Å². The SMILES string of the molecule is CCCC1C(CCN)CCCN1C(=O)OC(C)(C)C. The normalized spacial score (nSPS) is 24.4. The van der Waals surface area contributed by atoms with Gasteiger partial charge in [-0.15, -0.1) is 0 Å². The van der Waals surface area contributed by atoms with Crippen molar-refractivity contribution in [2.24, 2.45) is 11.7 Å². The maximum Gasteiger partial charge on any atom is 0.410 e. The highest BCUT2D eigenvalue weighted by atomic mass is 16.6. The Balaban J connectivity index is 2.74. The summed E-state index contributed by atoms with van der Waals surface area (Å²) in [5, 5.41) is 0. The highest BCUT2D eigenvalue weighted by Crippen LogP contribution is 2.30. The van der Waals surface area contributed by atoms with E-state index in [1.54, 1.807) is 0 Å². The zero-order valence-electron chi connectivity index (χ0n) is 12.9. The van der Waals surface area contributed by atoms with Crippen LogP contribution in [0, 0.1) is 5.92 Å². The molecule has 0 bridgehead atoms. The lowest BCUT2D eigenvalue weighted by Crippen LogP contribution is -2.50. The lowest BCUT2D eigenvalue weighted by molar-refractivity contribution is -0.00223. The Kier molecular flexibility index (Phi) is 6.11. The first-order valence-corrected chi connectivity index (χ1v) is 7.58. The van der Waals surface area contributed by atoms with Crippen LogP contribution in [0.4, 0.5) is 4.79 Å². The van der Waals surface area contributed by atoms with Crippen molar-refractivity contribution in [2.45, 2.75) is 71.4 Å². The van der Waals surface area contributed by atoms with E-state index in [2.05, 4.69) is 6.92 Å². The molecule has 1 fully saturated rings. The smallest absolute Gasteiger partial charge is 0.410 e. The molecule has 0 aromatic heterocycles. The standard InChI is InChI=1S/C15H30N2O2/c1-5-7-13-12(9-10-16)8-6-11-17(13)14(18)19-15(2,3)4/h12-13H,5-11,16H2,1-4H3. The Morgan fingerprint density at radius 1 is 1.37 bits per heavy atom. The van der Waals surface area contributed by atoms with Gasteiger partial charge in [0.1, 0.15) is 5.60 Å². The fourth-order valence-corrected chi connectivity index (χ4v) is 2.92. The summed E-state index contributed by atoms with van der Waals surface area (Å²) in [6, 6.07) is 0.303. The first-order valence-electron chi connectivity index (χ1n) is 7.58. The molecule has 4 heteroatoms. The molecule has 2 N–H and O–H groups in total. The summed E-state index contributed by atoms with van der Waals surface area (Å²) in [5.74, 6) is 0.534. The lowest BCUT2D eigenvalue weighted by atomic mass is 9.84. The molecule has 2 atom stereocenters. The molecule has 1 heterocycles. The number of ether oxygens (including phenoxy) is 1. The number of hydrogen-bond donors (Lipinski definition) is 1. The molecule has 1 saturated heterocycles. The second-order valence-corrected chi connectivity index (χ2v) is 6.51. The monoisotopic (exact) mass is 270 g/mol. The molecule has 1 amide bonds. The highest BCUT2D eigenvalue weighted by Gasteiger charge is 2.35. The Labute approximate surface area is 117 Å². The summed E-state index contributed by atoms with van der Waals surface area (Å²) in [6.45, 7) is 9.44. The summed E-state index contributed by atoms with van der Waals surface area (Å²) in [6.07, 6.45) is 5.22. The third-order valence-electron chi connectivity index (χ3n) is 3.67. The van der Waals surface area contributed by atoms with E-state index in [4.69, 9.17) is 10.5 Å². The van der Waals surface area contributed by atoms with Gasteiger partial charge in [0.2, 0.25) is 0 Å². The fourth-order valence-electron chi connectivity index (χ4n) is 2.92. The number of amides is 1. The fraction of sp³-hybridized carbons (Fsp3) is 0.933. The molecular formula is C15H30N2O2. The van der Waals surface area contributed by atoms with Crippen LogP contribution in [0.15, 0.2) is 0 Å². The number of carbonyl (C=O) groups excluding carboxylic acids is 1. The molecule has 1 aliphatic rings. The van der Waals surface area contributed by atoms with Crippen LogP contribution >= 0.6 is 0 Å². The second kappa shape index (κ2) is 7.13. The van der Waals surface area contributed by atoms with Crippen LogP contribution in [-0.2, 0) is 4.74 Å². The molecule has 0 aromatic rings. The van der Waals surface area contributed by atoms with Crippen molar-refractivity contribution in [1.82, 2.24) is 4.90 Å². The highest BCUT2D eigenvalue weighted by molar-refractivity contribution is 5.68. The molecule has 0 aromatic carbocycles. The molecule has 2 unspecified atom stereocenters. The maximum absolute atomic E-state index is 12.3. The third-order valence-corrected chi connectivity index (χ3v) is 3.67. The van der Waals surface area contributed by atoms with E-state index in [-0.39, 0.29) is 6.09 Å². The van der Waals surface area contributed by atoms with Crippen molar-refractivity contribution in [3.05, 3.63) is 0 Å². The maximum atomic E-state index is 12.3. The van der Waals surface area contributed by atoms with E-state index in [0.29, 0.717) is 18.5 Å². The topological polar surface area (TPSA) is 55.6 Å². The Morgan fingerprint density at radius 3 is 2.58 bits per heavy atom. The summed E-state index contributed by atoms with van der Waals surface area (Å²) >= 11 is 0. The van der Waals surface area contributed by atoms with Crippen LogP contribution in [0.1, 0.15) is 59.8 Å². The summed E-state index contributed by atoms with van der Waals surface area (Å²) in [4.78, 5) is 14.3. The average molecular weight is 270 g/mol. The van der Waals surface area contributed by atoms with Crippen molar-refractivity contribution >= 4 is 6.09 Å². The van der Waals surface area contributed by atoms with Gasteiger partial charge in [0.05, 0.1) is 0 Å². The van der Waals surface area contributed by atoms with Crippen LogP contribution in [0.3, 0.4) is 0 Å². The summed E-state index contributed by atoms with van der Waals surface area (Å²) in [7, 11) is 0. The molecule has 0 saturated carbocycles. The second-order valence-electron chi connectivity index (χ2n) is 6.51. The van der Waals surface area contributed by atoms with Crippen molar-refractivity contribution in [3.63, 3.8) is 0 Å². The number of piperidine rings is 1. The van der Waals surface area contributed by atoms with Gasteiger partial charge in [0.25, 0.3) is 0 Å². The molecule has 0 aliphatic carbocycles. The van der Waals surface area contributed by atoms with Gasteiger partial charge in [0.15, 0.2) is 0 Å². The number of rotatable bonds is 4. The van der Waals surface area contributed by atoms with Crippen LogP contribution in [0.2, 0.25) is 0 Å². The van der Waals surface area contributed by atoms with Gasteiger partial charge in [-0.25, -0.2) is 4.79 Å². The van der Waals surface area contributed by atoms with Gasteiger partial charge in [-0.05, 0) is 58.9 Å². The van der Waals surface area contributed by atoms with Gasteiger partial charge in [-0.3, -0.25) is 0 Å². The minimum atomic E-state index is -0.422. The molecule has 0 radical (unpaired) electrons. The van der Waals surface area contributed by atoms with Gasteiger partial charge in [-0.1, -0.05) is 13.3 Å². The van der Waals surface area contributed by atoms with E-state index < -0.39 is 5.60 Å². The molecule has 19 heavy (non-hydrogen) atoms. The van der Waals surface area contributed by atoms with Crippen LogP contribution in [0.5, 0.6) is 0 Å². The Hall–Kier alpha value is -0.770. The Bertz CT molecular complexity index is 284. The minimum absolute atomic E-state index is 0.160. The van der Waals surface area contributed by atoms with Crippen molar-refractivity contribution in [2.75, 3.05) is 13.1 Å². The summed E-state index contributed by atoms with van der Waals surface area (Å²) < 4.78 is 5.54. The zero-order chi connectivity index (χ0) is 14.5. The van der Waals surface area contributed by atoms with Gasteiger partial charge in [0, 0.05) is 12.6 Å². The number of likely N-dealkylation sites (tertiary alicyclic amines) is 1. The average Bonchev–Trinajstić information content (AvgIpc) is 2.29. The van der Waals surface area contributed by atoms with Crippen LogP contribution in [0.25, 0.3) is 0 Å². The largest absolute Gasteiger partial charge is 0.444 e. The quantitative estimate of drug-likeness (QED) is 0.853. The predicted octanol–water partition coefficient (Wildman–Crippen LogP) is 3.15.